The summed E-state index contributed by atoms with van der Waals surface area (Å²) in [4.78, 5) is 27.9. The van der Waals surface area contributed by atoms with Crippen molar-refractivity contribution in [3.63, 3.8) is 0 Å². The Morgan fingerprint density at radius 1 is 0.939 bits per heavy atom. The molecule has 258 valence electrons. The zero-order chi connectivity index (χ0) is 35.0. The fraction of sp³-hybridized carbons (Fsp3) is 0.395. The third-order valence-corrected chi connectivity index (χ3v) is 12.5. The number of aromatic nitrogens is 2. The molecular formula is C38H45N4O5PS. The Balaban J connectivity index is 1.59. The van der Waals surface area contributed by atoms with E-state index in [0.29, 0.717) is 12.0 Å². The first-order valence-electron chi connectivity index (χ1n) is 16.7. The number of hydrogen-bond acceptors (Lipinski definition) is 8. The van der Waals surface area contributed by atoms with Gasteiger partial charge in [0, 0.05) is 35.5 Å². The number of hydrogen-bond donors (Lipinski definition) is 1. The van der Waals surface area contributed by atoms with Crippen LogP contribution in [0.2, 0.25) is 0 Å². The number of nitriles is 1. The van der Waals surface area contributed by atoms with E-state index in [1.165, 1.54) is 4.57 Å². The predicted molar refractivity (Wildman–Crippen MR) is 196 cm³/mol. The van der Waals surface area contributed by atoms with Crippen LogP contribution < -0.4 is 11.2 Å². The fourth-order valence-corrected chi connectivity index (χ4v) is 9.79. The van der Waals surface area contributed by atoms with Crippen molar-refractivity contribution in [3.8, 4) is 6.07 Å². The Hall–Kier alpha value is -3.55. The minimum absolute atomic E-state index is 0.139. The molecule has 11 heteroatoms. The second kappa shape index (κ2) is 16.9. The summed E-state index contributed by atoms with van der Waals surface area (Å²) in [5, 5.41) is 9.05. The third kappa shape index (κ3) is 8.43. The Morgan fingerprint density at radius 3 is 1.96 bits per heavy atom. The van der Waals surface area contributed by atoms with Gasteiger partial charge >= 0.3 is 5.69 Å². The van der Waals surface area contributed by atoms with E-state index in [1.807, 2.05) is 18.2 Å². The molecule has 0 aliphatic carbocycles. The van der Waals surface area contributed by atoms with Gasteiger partial charge in [0.05, 0.1) is 36.6 Å². The molecule has 2 heterocycles. The molecular weight excluding hydrogens is 655 g/mol. The maximum absolute atomic E-state index is 13.1. The largest absolute Gasteiger partial charge is 0.351 e. The zero-order valence-corrected chi connectivity index (χ0v) is 30.4. The van der Waals surface area contributed by atoms with E-state index in [0.717, 1.165) is 16.7 Å². The van der Waals surface area contributed by atoms with Crippen LogP contribution in [0, 0.1) is 18.3 Å². The summed E-state index contributed by atoms with van der Waals surface area (Å²) in [6, 6.07) is 33.8. The molecule has 49 heavy (non-hydrogen) atoms. The summed E-state index contributed by atoms with van der Waals surface area (Å²) >= 11 is 1.79. The maximum Gasteiger partial charge on any atom is 0.330 e. The van der Waals surface area contributed by atoms with Crippen molar-refractivity contribution in [2.24, 2.45) is 0 Å². The van der Waals surface area contributed by atoms with Crippen LogP contribution in [0.1, 0.15) is 69.0 Å². The lowest BCUT2D eigenvalue weighted by molar-refractivity contribution is -0.0218. The van der Waals surface area contributed by atoms with E-state index in [4.69, 9.17) is 13.8 Å². The summed E-state index contributed by atoms with van der Waals surface area (Å²) in [5.74, 6) is 0. The number of benzene rings is 3. The second-order valence-electron chi connectivity index (χ2n) is 12.6. The molecule has 0 amide bonds. The number of H-pyrrole nitrogens is 1. The number of thioether (sulfide) groups is 1. The lowest BCUT2D eigenvalue weighted by atomic mass is 9.84. The van der Waals surface area contributed by atoms with Crippen LogP contribution in [-0.2, 0) is 18.5 Å². The minimum atomic E-state index is -1.52. The highest BCUT2D eigenvalue weighted by atomic mass is 32.2. The molecule has 9 nitrogen and oxygen atoms in total. The number of aromatic amines is 1. The van der Waals surface area contributed by atoms with Crippen LogP contribution in [0.4, 0.5) is 0 Å². The normalized spacial score (nSPS) is 18.6. The number of ether oxygens (including phenoxy) is 1. The summed E-state index contributed by atoms with van der Waals surface area (Å²) in [7, 11) is -1.52. The molecule has 1 N–H and O–H groups in total. The smallest absolute Gasteiger partial charge is 0.330 e. The Labute approximate surface area is 294 Å². The van der Waals surface area contributed by atoms with Crippen LogP contribution in [0.3, 0.4) is 0 Å². The monoisotopic (exact) mass is 700 g/mol. The van der Waals surface area contributed by atoms with Gasteiger partial charge < -0.3 is 13.8 Å². The summed E-state index contributed by atoms with van der Waals surface area (Å²) in [5.41, 5.74) is 2.85. The van der Waals surface area contributed by atoms with Gasteiger partial charge in [0.15, 0.2) is 0 Å². The van der Waals surface area contributed by atoms with Crippen LogP contribution in [0.25, 0.3) is 0 Å². The first-order chi connectivity index (χ1) is 23.6. The Bertz CT molecular complexity index is 1690. The molecule has 0 bridgehead atoms. The van der Waals surface area contributed by atoms with Crippen LogP contribution >= 0.6 is 20.3 Å². The second-order valence-corrected chi connectivity index (χ2v) is 15.5. The molecule has 0 radical (unpaired) electrons. The molecule has 4 atom stereocenters. The van der Waals surface area contributed by atoms with E-state index in [-0.39, 0.29) is 37.0 Å². The van der Waals surface area contributed by atoms with E-state index < -0.39 is 36.9 Å². The highest BCUT2D eigenvalue weighted by molar-refractivity contribution is 8.01. The average Bonchev–Trinajstić information content (AvgIpc) is 3.50. The number of rotatable bonds is 15. The molecule has 1 aliphatic heterocycles. The van der Waals surface area contributed by atoms with Gasteiger partial charge in [0.2, 0.25) is 0 Å². The van der Waals surface area contributed by atoms with Crippen molar-refractivity contribution in [3.05, 3.63) is 140 Å². The lowest BCUT2D eigenvalue weighted by Gasteiger charge is -2.39. The quantitative estimate of drug-likeness (QED) is 0.0771. The summed E-state index contributed by atoms with van der Waals surface area (Å²) < 4.78 is 22.7. The summed E-state index contributed by atoms with van der Waals surface area (Å²) in [6.07, 6.45) is 1.24. The molecule has 1 unspecified atom stereocenters. The van der Waals surface area contributed by atoms with Gasteiger partial charge in [-0.1, -0.05) is 91.0 Å². The van der Waals surface area contributed by atoms with Gasteiger partial charge in [-0.05, 0) is 51.3 Å². The highest BCUT2D eigenvalue weighted by Gasteiger charge is 2.46. The van der Waals surface area contributed by atoms with Crippen molar-refractivity contribution >= 4 is 20.3 Å². The van der Waals surface area contributed by atoms with Gasteiger partial charge in [-0.25, -0.2) is 9.46 Å². The van der Waals surface area contributed by atoms with Crippen LogP contribution in [0.15, 0.2) is 107 Å². The topological polar surface area (TPSA) is 110 Å². The first-order valence-corrected chi connectivity index (χ1v) is 18.7. The molecule has 4 aromatic rings. The Morgan fingerprint density at radius 2 is 1.47 bits per heavy atom. The predicted octanol–water partition coefficient (Wildman–Crippen LogP) is 7.52. The van der Waals surface area contributed by atoms with Crippen LogP contribution in [-0.4, -0.2) is 50.9 Å². The third-order valence-electron chi connectivity index (χ3n) is 8.52. The summed E-state index contributed by atoms with van der Waals surface area (Å²) in [6.45, 7) is 10.6. The maximum atomic E-state index is 13.1. The molecule has 1 saturated heterocycles. The van der Waals surface area contributed by atoms with Gasteiger partial charge in [-0.3, -0.25) is 14.3 Å². The number of nitrogens with one attached hydrogen (secondary N) is 1. The van der Waals surface area contributed by atoms with Crippen molar-refractivity contribution in [1.82, 2.24) is 14.2 Å². The van der Waals surface area contributed by atoms with Gasteiger partial charge in [-0.2, -0.15) is 5.26 Å². The van der Waals surface area contributed by atoms with E-state index in [1.54, 1.807) is 24.9 Å². The molecule has 1 aromatic heterocycles. The molecule has 1 fully saturated rings. The van der Waals surface area contributed by atoms with E-state index in [9.17, 15) is 14.9 Å². The number of aryl methyl sites for hydroxylation is 1. The van der Waals surface area contributed by atoms with Crippen molar-refractivity contribution < 1.29 is 13.8 Å². The van der Waals surface area contributed by atoms with E-state index in [2.05, 4.69) is 116 Å². The minimum Gasteiger partial charge on any atom is -0.351 e. The van der Waals surface area contributed by atoms with Crippen molar-refractivity contribution in [2.45, 2.75) is 81.9 Å². The van der Waals surface area contributed by atoms with Crippen LogP contribution in [0.5, 0.6) is 0 Å². The van der Waals surface area contributed by atoms with Crippen molar-refractivity contribution in [1.29, 1.82) is 5.26 Å². The number of nitrogens with zero attached hydrogens (tertiary/aromatic N) is 3. The zero-order valence-electron chi connectivity index (χ0n) is 28.7. The lowest BCUT2D eigenvalue weighted by Crippen LogP contribution is -2.36. The molecule has 3 aromatic carbocycles. The molecule has 5 rings (SSSR count). The van der Waals surface area contributed by atoms with Gasteiger partial charge in [-0.15, -0.1) is 11.8 Å². The standard InChI is InChI=1S/C38H45N4O5PS/c1-27(2)42(28(3)4)48(45-23-15-22-39)46-26-33-34(24-35(47-33)41-25-29(5)36(43)40-37(41)44)49-38(30-16-9-6-10-17-30,31-18-11-7-12-19-31)32-20-13-8-14-21-32/h6-14,16-21,25,27-28,33-35H,15,23-24,26H2,1-5H3,(H,40,43,44)/t33-,34+,35-,48?/m1/s1. The van der Waals surface area contributed by atoms with Gasteiger partial charge in [0.25, 0.3) is 14.1 Å². The molecule has 0 saturated carbocycles. The van der Waals surface area contributed by atoms with E-state index >= 15 is 0 Å². The average molecular weight is 701 g/mol. The Kier molecular flexibility index (Phi) is 12.7. The first kappa shape index (κ1) is 36.7. The van der Waals surface area contributed by atoms with Crippen molar-refractivity contribution in [2.75, 3.05) is 13.2 Å². The highest BCUT2D eigenvalue weighted by Crippen LogP contribution is 2.54. The molecule has 0 spiro atoms. The molecule has 1 aliphatic rings. The SMILES string of the molecule is Cc1cn([C@H]2C[C@H](SC(c3ccccc3)(c3ccccc3)c3ccccc3)[C@@H](COP(OCCC#N)N(C(C)C)C(C)C)O2)c(=O)[nH]c1=O. The fourth-order valence-electron chi connectivity index (χ4n) is 6.35. The van der Waals surface area contributed by atoms with Gasteiger partial charge in [0.1, 0.15) is 6.23 Å².